The Morgan fingerprint density at radius 1 is 1.28 bits per heavy atom. The first kappa shape index (κ1) is 12.1. The summed E-state index contributed by atoms with van der Waals surface area (Å²) >= 11 is 8.76. The van der Waals surface area contributed by atoms with Crippen LogP contribution in [0.3, 0.4) is 0 Å². The molecule has 1 aliphatic rings. The molecule has 0 atom stereocenters. The summed E-state index contributed by atoms with van der Waals surface area (Å²) in [5, 5.41) is 3.57. The third-order valence-corrected chi connectivity index (χ3v) is 6.07. The Kier molecular flexibility index (Phi) is 2.73. The summed E-state index contributed by atoms with van der Waals surface area (Å²) in [6.07, 6.45) is 0. The number of benzene rings is 1. The highest BCUT2D eigenvalue weighted by molar-refractivity contribution is 7.76. The zero-order valence-corrected chi connectivity index (χ0v) is 12.8. The van der Waals surface area contributed by atoms with E-state index in [0.717, 1.165) is 14.6 Å². The Balaban J connectivity index is 2.28. The highest BCUT2D eigenvalue weighted by Gasteiger charge is 2.32. The van der Waals surface area contributed by atoms with Gasteiger partial charge in [0.2, 0.25) is 0 Å². The van der Waals surface area contributed by atoms with Crippen LogP contribution in [0.4, 0.5) is 5.69 Å². The van der Waals surface area contributed by atoms with E-state index in [-0.39, 0.29) is 5.54 Å². The number of rotatable bonds is 1. The van der Waals surface area contributed by atoms with Crippen molar-refractivity contribution in [2.45, 2.75) is 19.4 Å². The van der Waals surface area contributed by atoms with Gasteiger partial charge >= 0.3 is 0 Å². The molecule has 0 spiro atoms. The molecule has 1 aromatic heterocycles. The second-order valence-corrected chi connectivity index (χ2v) is 8.00. The molecule has 0 bridgehead atoms. The van der Waals surface area contributed by atoms with E-state index < -0.39 is 0 Å². The lowest BCUT2D eigenvalue weighted by atomic mass is 9.93. The van der Waals surface area contributed by atoms with Gasteiger partial charge in [0, 0.05) is 22.2 Å². The van der Waals surface area contributed by atoms with Crippen LogP contribution in [-0.4, -0.2) is 7.11 Å². The van der Waals surface area contributed by atoms with Crippen molar-refractivity contribution in [3.05, 3.63) is 26.2 Å². The van der Waals surface area contributed by atoms with Crippen LogP contribution in [-0.2, 0) is 5.54 Å². The lowest BCUT2D eigenvalue weighted by molar-refractivity contribution is 0.415. The van der Waals surface area contributed by atoms with Gasteiger partial charge in [-0.3, -0.25) is 0 Å². The van der Waals surface area contributed by atoms with Crippen molar-refractivity contribution < 1.29 is 4.74 Å². The molecule has 0 saturated heterocycles. The molecule has 1 aliphatic heterocycles. The van der Waals surface area contributed by atoms with Gasteiger partial charge in [0.05, 0.1) is 17.5 Å². The maximum absolute atomic E-state index is 5.35. The van der Waals surface area contributed by atoms with E-state index in [1.165, 1.54) is 15.3 Å². The minimum Gasteiger partial charge on any atom is -0.497 e. The smallest absolute Gasteiger partial charge is 0.144 e. The molecule has 0 amide bonds. The van der Waals surface area contributed by atoms with Crippen LogP contribution in [0.2, 0.25) is 0 Å². The topological polar surface area (TPSA) is 21.3 Å². The molecule has 0 unspecified atom stereocenters. The minimum absolute atomic E-state index is 0.0765. The Hall–Kier alpha value is -0.910. The minimum atomic E-state index is -0.0765. The molecule has 0 fully saturated rings. The van der Waals surface area contributed by atoms with Crippen molar-refractivity contribution in [3.8, 4) is 16.2 Å². The fraction of sp³-hybridized carbons (Fsp3) is 0.308. The van der Waals surface area contributed by atoms with Crippen molar-refractivity contribution in [1.29, 1.82) is 0 Å². The van der Waals surface area contributed by atoms with Gasteiger partial charge in [0.25, 0.3) is 0 Å². The van der Waals surface area contributed by atoms with Gasteiger partial charge in [-0.2, -0.15) is 0 Å². The monoisotopic (exact) mass is 295 g/mol. The molecule has 2 nitrogen and oxygen atoms in total. The zero-order chi connectivity index (χ0) is 12.9. The van der Waals surface area contributed by atoms with Crippen LogP contribution < -0.4 is 10.1 Å². The molecule has 2 aromatic rings. The first-order valence-corrected chi connectivity index (χ1v) is 7.66. The van der Waals surface area contributed by atoms with Crippen molar-refractivity contribution in [1.82, 2.24) is 0 Å². The molecule has 1 aromatic carbocycles. The summed E-state index contributed by atoms with van der Waals surface area (Å²) in [7, 11) is 1.69. The summed E-state index contributed by atoms with van der Waals surface area (Å²) < 4.78 is 6.27. The third kappa shape index (κ3) is 1.77. The van der Waals surface area contributed by atoms with E-state index >= 15 is 0 Å². The number of hydrogen-bond acceptors (Lipinski definition) is 5. The molecule has 94 valence electrons. The number of nitrogens with one attached hydrogen (secondary N) is 1. The van der Waals surface area contributed by atoms with Crippen molar-refractivity contribution in [3.63, 3.8) is 0 Å². The van der Waals surface area contributed by atoms with Crippen molar-refractivity contribution in [2.75, 3.05) is 12.4 Å². The predicted octanol–water partition coefficient (Wildman–Crippen LogP) is 4.88. The summed E-state index contributed by atoms with van der Waals surface area (Å²) in [6.45, 7) is 4.37. The maximum Gasteiger partial charge on any atom is 0.144 e. The van der Waals surface area contributed by atoms with E-state index in [1.807, 2.05) is 12.1 Å². The molecule has 18 heavy (non-hydrogen) atoms. The average molecular weight is 295 g/mol. The van der Waals surface area contributed by atoms with Gasteiger partial charge < -0.3 is 10.1 Å². The van der Waals surface area contributed by atoms with Crippen molar-refractivity contribution in [2.24, 2.45) is 0 Å². The highest BCUT2D eigenvalue weighted by Crippen LogP contribution is 2.49. The van der Waals surface area contributed by atoms with E-state index in [2.05, 4.69) is 25.2 Å². The van der Waals surface area contributed by atoms with Crippen LogP contribution >= 0.6 is 34.9 Å². The van der Waals surface area contributed by atoms with Crippen LogP contribution in [0.1, 0.15) is 18.7 Å². The van der Waals surface area contributed by atoms with E-state index in [4.69, 9.17) is 17.0 Å². The van der Waals surface area contributed by atoms with Gasteiger partial charge in [-0.15, -0.1) is 22.7 Å². The van der Waals surface area contributed by atoms with E-state index in [0.29, 0.717) is 0 Å². The second kappa shape index (κ2) is 4.05. The first-order chi connectivity index (χ1) is 8.51. The number of methoxy groups -OCH3 is 1. The van der Waals surface area contributed by atoms with Crippen LogP contribution in [0.5, 0.6) is 5.75 Å². The molecular formula is C13H13NOS3. The Morgan fingerprint density at radius 3 is 2.78 bits per heavy atom. The van der Waals surface area contributed by atoms with E-state index in [9.17, 15) is 0 Å². The summed E-state index contributed by atoms with van der Waals surface area (Å²) in [4.78, 5) is 2.63. The summed E-state index contributed by atoms with van der Waals surface area (Å²) in [5.74, 6) is 0.874. The van der Waals surface area contributed by atoms with Gasteiger partial charge in [0.15, 0.2) is 0 Å². The zero-order valence-electron chi connectivity index (χ0n) is 10.4. The van der Waals surface area contributed by atoms with Crippen LogP contribution in [0.25, 0.3) is 10.4 Å². The summed E-state index contributed by atoms with van der Waals surface area (Å²) in [6, 6.07) is 6.15. The predicted molar refractivity (Wildman–Crippen MR) is 81.7 cm³/mol. The molecule has 1 N–H and O–H groups in total. The van der Waals surface area contributed by atoms with Gasteiger partial charge in [0.1, 0.15) is 8.89 Å². The quantitative estimate of drug-likeness (QED) is 0.758. The highest BCUT2D eigenvalue weighted by atomic mass is 32.2. The fourth-order valence-corrected chi connectivity index (χ4v) is 5.11. The third-order valence-electron chi connectivity index (χ3n) is 3.06. The molecule has 0 aliphatic carbocycles. The molecule has 2 heterocycles. The van der Waals surface area contributed by atoms with Gasteiger partial charge in [-0.25, -0.2) is 0 Å². The number of anilines is 1. The molecule has 3 rings (SSSR count). The molecule has 0 saturated carbocycles. The van der Waals surface area contributed by atoms with Gasteiger partial charge in [-0.1, -0.05) is 12.2 Å². The summed E-state index contributed by atoms with van der Waals surface area (Å²) in [5.41, 5.74) is 2.27. The van der Waals surface area contributed by atoms with Gasteiger partial charge in [-0.05, 0) is 26.0 Å². The van der Waals surface area contributed by atoms with Crippen LogP contribution in [0.15, 0.2) is 18.2 Å². The Morgan fingerprint density at radius 2 is 2.06 bits per heavy atom. The van der Waals surface area contributed by atoms with Crippen LogP contribution in [0, 0.1) is 3.14 Å². The van der Waals surface area contributed by atoms with E-state index in [1.54, 1.807) is 29.8 Å². The Labute approximate surface area is 119 Å². The largest absolute Gasteiger partial charge is 0.497 e. The standard InChI is InChI=1S/C13H13NOS3/c1-13(2)11-10(17-12(16)18-11)8-5-4-7(15-3)6-9(8)14-13/h4-6,14H,1-3H3. The molecule has 0 radical (unpaired) electrons. The fourth-order valence-electron chi connectivity index (χ4n) is 2.21. The normalized spacial score (nSPS) is 15.5. The maximum atomic E-state index is 5.35. The van der Waals surface area contributed by atoms with Crippen molar-refractivity contribution >= 4 is 40.6 Å². The average Bonchev–Trinajstić information content (AvgIpc) is 2.71. The first-order valence-electron chi connectivity index (χ1n) is 5.62. The number of hydrogen-bond donors (Lipinski definition) is 1. The second-order valence-electron chi connectivity index (χ2n) is 4.77. The SMILES string of the molecule is COc1ccc2c(c1)NC(C)(C)c1sc(=S)sc1-2. The lowest BCUT2D eigenvalue weighted by Crippen LogP contribution is -2.30. The molecular weight excluding hydrogens is 282 g/mol. The Bertz CT molecular complexity index is 669. The number of ether oxygens (including phenoxy) is 1. The lowest BCUT2D eigenvalue weighted by Gasteiger charge is -2.33. The molecule has 5 heteroatoms. The number of fused-ring (bicyclic) bond motifs is 3.